The molecule has 5 nitrogen and oxygen atoms in total. The molecule has 106 valence electrons. The minimum absolute atomic E-state index is 0.00828. The molecule has 0 saturated heterocycles. The van der Waals surface area contributed by atoms with E-state index >= 15 is 0 Å². The van der Waals surface area contributed by atoms with Gasteiger partial charge in [0.15, 0.2) is 0 Å². The lowest BCUT2D eigenvalue weighted by Gasteiger charge is -2.08. The molecule has 2 N–H and O–H groups in total. The van der Waals surface area contributed by atoms with Gasteiger partial charge in [-0.1, -0.05) is 0 Å². The van der Waals surface area contributed by atoms with Gasteiger partial charge in [0.05, 0.1) is 5.56 Å². The molecule has 2 aromatic rings. The van der Waals surface area contributed by atoms with Gasteiger partial charge in [0.1, 0.15) is 0 Å². The Labute approximate surface area is 117 Å². The monoisotopic (exact) mass is 274 g/mol. The van der Waals surface area contributed by atoms with Gasteiger partial charge < -0.3 is 15.0 Å². The van der Waals surface area contributed by atoms with Gasteiger partial charge in [-0.05, 0) is 37.6 Å². The Hall–Kier alpha value is -2.30. The summed E-state index contributed by atoms with van der Waals surface area (Å²) in [6, 6.07) is 5.10. The minimum Gasteiger partial charge on any atom is -0.478 e. The molecule has 0 fully saturated rings. The van der Waals surface area contributed by atoms with Crippen LogP contribution in [0.5, 0.6) is 0 Å². The molecule has 1 heterocycles. The molecule has 2 rings (SSSR count). The number of hydrogen-bond acceptors (Lipinski definition) is 2. The van der Waals surface area contributed by atoms with E-state index in [1.807, 2.05) is 19.9 Å². The van der Waals surface area contributed by atoms with Crippen LogP contribution in [0.2, 0.25) is 0 Å². The number of fused-ring (bicyclic) bond motifs is 1. The van der Waals surface area contributed by atoms with Gasteiger partial charge in [0.2, 0.25) is 5.91 Å². The van der Waals surface area contributed by atoms with Crippen LogP contribution in [0, 0.1) is 13.8 Å². The number of carboxylic acid groups (broad SMARTS) is 1. The molecule has 0 aliphatic rings. The van der Waals surface area contributed by atoms with E-state index in [0.717, 1.165) is 22.2 Å². The van der Waals surface area contributed by atoms with E-state index in [2.05, 4.69) is 9.88 Å². The first-order valence-corrected chi connectivity index (χ1v) is 6.49. The average Bonchev–Trinajstić information content (AvgIpc) is 2.68. The Balaban J connectivity index is 2.47. The van der Waals surface area contributed by atoms with Crippen LogP contribution < -0.4 is 5.32 Å². The van der Waals surface area contributed by atoms with Gasteiger partial charge in [-0.15, -0.1) is 0 Å². The summed E-state index contributed by atoms with van der Waals surface area (Å²) in [6.45, 7) is 4.54. The maximum Gasteiger partial charge on any atom is 0.335 e. The standard InChI is InChI=1S/C15H18N2O3/c1-9-10(2)17(7-6-14(18)16-3)13-5-4-11(15(19)20)8-12(9)13/h4-5,8H,6-7H2,1-3H3,(H,16,18)(H,19,20). The number of carbonyl (C=O) groups is 2. The molecule has 0 bridgehead atoms. The van der Waals surface area contributed by atoms with Gasteiger partial charge in [0, 0.05) is 36.6 Å². The molecule has 0 spiro atoms. The number of rotatable bonds is 4. The number of carboxylic acids is 1. The molecule has 0 aliphatic heterocycles. The lowest BCUT2D eigenvalue weighted by atomic mass is 10.1. The summed E-state index contributed by atoms with van der Waals surface area (Å²) in [4.78, 5) is 22.4. The number of aromatic carboxylic acids is 1. The Kier molecular flexibility index (Phi) is 3.79. The summed E-state index contributed by atoms with van der Waals surface area (Å²) >= 11 is 0. The first kappa shape index (κ1) is 14.1. The number of benzene rings is 1. The van der Waals surface area contributed by atoms with Crippen molar-refractivity contribution in [1.82, 2.24) is 9.88 Å². The van der Waals surface area contributed by atoms with E-state index in [9.17, 15) is 9.59 Å². The van der Waals surface area contributed by atoms with Crippen LogP contribution in [0.15, 0.2) is 18.2 Å². The fraction of sp³-hybridized carbons (Fsp3) is 0.333. The lowest BCUT2D eigenvalue weighted by molar-refractivity contribution is -0.120. The van der Waals surface area contributed by atoms with Crippen LogP contribution in [0.4, 0.5) is 0 Å². The summed E-state index contributed by atoms with van der Waals surface area (Å²) in [5.74, 6) is -0.937. The first-order chi connectivity index (χ1) is 9.45. The minimum atomic E-state index is -0.929. The maximum absolute atomic E-state index is 11.4. The van der Waals surface area contributed by atoms with E-state index in [4.69, 9.17) is 5.11 Å². The van der Waals surface area contributed by atoms with Crippen molar-refractivity contribution in [2.75, 3.05) is 7.05 Å². The maximum atomic E-state index is 11.4. The quantitative estimate of drug-likeness (QED) is 0.896. The second-order valence-electron chi connectivity index (χ2n) is 4.82. The van der Waals surface area contributed by atoms with E-state index in [0.29, 0.717) is 13.0 Å². The van der Waals surface area contributed by atoms with Crippen LogP contribution >= 0.6 is 0 Å². The Bertz CT molecular complexity index is 686. The van der Waals surface area contributed by atoms with Crippen molar-refractivity contribution < 1.29 is 14.7 Å². The third kappa shape index (κ3) is 2.39. The molecule has 0 radical (unpaired) electrons. The summed E-state index contributed by atoms with van der Waals surface area (Å²) in [7, 11) is 1.62. The molecular weight excluding hydrogens is 256 g/mol. The highest BCUT2D eigenvalue weighted by atomic mass is 16.4. The van der Waals surface area contributed by atoms with Crippen molar-refractivity contribution in [3.8, 4) is 0 Å². The van der Waals surface area contributed by atoms with Crippen LogP contribution in [0.1, 0.15) is 28.0 Å². The van der Waals surface area contributed by atoms with Crippen molar-refractivity contribution in [1.29, 1.82) is 0 Å². The number of nitrogens with zero attached hydrogens (tertiary/aromatic N) is 1. The van der Waals surface area contributed by atoms with Crippen LogP contribution in [0.3, 0.4) is 0 Å². The van der Waals surface area contributed by atoms with Crippen LogP contribution in [-0.4, -0.2) is 28.6 Å². The zero-order valence-electron chi connectivity index (χ0n) is 11.9. The number of nitrogens with one attached hydrogen (secondary N) is 1. The zero-order chi connectivity index (χ0) is 14.9. The smallest absolute Gasteiger partial charge is 0.335 e. The number of amides is 1. The molecule has 1 aromatic heterocycles. The van der Waals surface area contributed by atoms with E-state index in [1.54, 1.807) is 19.2 Å². The van der Waals surface area contributed by atoms with E-state index < -0.39 is 5.97 Å². The number of carbonyl (C=O) groups excluding carboxylic acids is 1. The second-order valence-corrected chi connectivity index (χ2v) is 4.82. The normalized spacial score (nSPS) is 10.8. The molecule has 0 atom stereocenters. The van der Waals surface area contributed by atoms with Gasteiger partial charge >= 0.3 is 5.97 Å². The lowest BCUT2D eigenvalue weighted by Crippen LogP contribution is -2.19. The predicted molar refractivity (Wildman–Crippen MR) is 77.1 cm³/mol. The van der Waals surface area contributed by atoms with Crippen molar-refractivity contribution in [3.63, 3.8) is 0 Å². The molecule has 0 aliphatic carbocycles. The summed E-state index contributed by atoms with van der Waals surface area (Å²) in [6.07, 6.45) is 0.404. The second kappa shape index (κ2) is 5.36. The summed E-state index contributed by atoms with van der Waals surface area (Å²) in [5, 5.41) is 12.6. The van der Waals surface area contributed by atoms with Crippen LogP contribution in [0.25, 0.3) is 10.9 Å². The van der Waals surface area contributed by atoms with Crippen LogP contribution in [-0.2, 0) is 11.3 Å². The third-order valence-corrected chi connectivity index (χ3v) is 3.73. The van der Waals surface area contributed by atoms with Crippen molar-refractivity contribution in [3.05, 3.63) is 35.0 Å². The highest BCUT2D eigenvalue weighted by molar-refractivity contribution is 5.95. The van der Waals surface area contributed by atoms with Gasteiger partial charge in [-0.3, -0.25) is 4.79 Å². The summed E-state index contributed by atoms with van der Waals surface area (Å²) in [5.41, 5.74) is 3.37. The molecule has 1 amide bonds. The number of hydrogen-bond donors (Lipinski definition) is 2. The van der Waals surface area contributed by atoms with E-state index in [1.165, 1.54) is 0 Å². The molecule has 5 heteroatoms. The Morgan fingerprint density at radius 1 is 1.30 bits per heavy atom. The third-order valence-electron chi connectivity index (χ3n) is 3.73. The fourth-order valence-corrected chi connectivity index (χ4v) is 2.41. The van der Waals surface area contributed by atoms with Crippen molar-refractivity contribution in [2.45, 2.75) is 26.8 Å². The molecule has 0 saturated carbocycles. The highest BCUT2D eigenvalue weighted by Gasteiger charge is 2.13. The first-order valence-electron chi connectivity index (χ1n) is 6.49. The molecule has 20 heavy (non-hydrogen) atoms. The number of aryl methyl sites for hydroxylation is 2. The predicted octanol–water partition coefficient (Wildman–Crippen LogP) is 2.09. The molecule has 0 unspecified atom stereocenters. The highest BCUT2D eigenvalue weighted by Crippen LogP contribution is 2.26. The van der Waals surface area contributed by atoms with Crippen molar-refractivity contribution >= 4 is 22.8 Å². The average molecular weight is 274 g/mol. The molecule has 1 aromatic carbocycles. The Morgan fingerprint density at radius 3 is 2.60 bits per heavy atom. The zero-order valence-corrected chi connectivity index (χ0v) is 11.9. The van der Waals surface area contributed by atoms with Gasteiger partial charge in [-0.25, -0.2) is 4.79 Å². The van der Waals surface area contributed by atoms with Gasteiger partial charge in [-0.2, -0.15) is 0 Å². The largest absolute Gasteiger partial charge is 0.478 e. The van der Waals surface area contributed by atoms with Gasteiger partial charge in [0.25, 0.3) is 0 Å². The topological polar surface area (TPSA) is 71.3 Å². The molecular formula is C15H18N2O3. The Morgan fingerprint density at radius 2 is 2.00 bits per heavy atom. The van der Waals surface area contributed by atoms with E-state index in [-0.39, 0.29) is 11.5 Å². The SMILES string of the molecule is CNC(=O)CCn1c(C)c(C)c2cc(C(=O)O)ccc21. The number of aromatic nitrogens is 1. The fourth-order valence-electron chi connectivity index (χ4n) is 2.41. The summed E-state index contributed by atoms with van der Waals surface area (Å²) < 4.78 is 2.06. The van der Waals surface area contributed by atoms with Crippen molar-refractivity contribution in [2.24, 2.45) is 0 Å².